The first-order valence-corrected chi connectivity index (χ1v) is 11.2. The van der Waals surface area contributed by atoms with E-state index in [1.807, 2.05) is 51.0 Å². The smallest absolute Gasteiger partial charge is 0.277 e. The van der Waals surface area contributed by atoms with Crippen molar-refractivity contribution in [2.24, 2.45) is 0 Å². The summed E-state index contributed by atoms with van der Waals surface area (Å²) in [5.74, 6) is 0.331. The number of amides is 2. The lowest BCUT2D eigenvalue weighted by atomic mass is 10.2. The van der Waals surface area contributed by atoms with Gasteiger partial charge < -0.3 is 33.7 Å². The van der Waals surface area contributed by atoms with E-state index in [1.54, 1.807) is 0 Å². The van der Waals surface area contributed by atoms with Gasteiger partial charge in [-0.1, -0.05) is 11.6 Å². The number of nitrogen functional groups attached to an aromatic ring is 1. The topological polar surface area (TPSA) is 122 Å². The maximum atomic E-state index is 12.7. The highest BCUT2D eigenvalue weighted by Gasteiger charge is 2.25. The van der Waals surface area contributed by atoms with Crippen molar-refractivity contribution in [3.8, 4) is 0 Å². The summed E-state index contributed by atoms with van der Waals surface area (Å²) in [5.41, 5.74) is 8.27. The molecule has 0 spiro atoms. The van der Waals surface area contributed by atoms with Crippen molar-refractivity contribution in [1.29, 1.82) is 0 Å². The van der Waals surface area contributed by atoms with E-state index in [0.29, 0.717) is 25.2 Å². The van der Waals surface area contributed by atoms with Crippen molar-refractivity contribution in [2.45, 2.75) is 33.5 Å². The Balaban J connectivity index is 0.00000306. The number of nitrogens with zero attached hydrogens (tertiary/aromatic N) is 5. The van der Waals surface area contributed by atoms with Gasteiger partial charge in [0, 0.05) is 24.7 Å². The van der Waals surface area contributed by atoms with Crippen LogP contribution in [0, 0.1) is 0 Å². The van der Waals surface area contributed by atoms with E-state index in [4.69, 9.17) is 17.3 Å². The summed E-state index contributed by atoms with van der Waals surface area (Å²) in [7, 11) is 3.92. The molecule has 2 aromatic heterocycles. The first-order valence-electron chi connectivity index (χ1n) is 10.8. The predicted molar refractivity (Wildman–Crippen MR) is 134 cm³/mol. The Hall–Kier alpha value is -2.66. The number of hydrogen-bond donors (Lipinski definition) is 3. The maximum Gasteiger partial charge on any atom is 0.277 e. The number of carbonyl (C=O) groups is 2. The third-order valence-electron chi connectivity index (χ3n) is 5.31. The molecule has 2 amide bonds. The highest BCUT2D eigenvalue weighted by atomic mass is 35.5. The molecule has 0 atom stereocenters. The number of hydrogen-bond acceptors (Lipinski definition) is 6. The van der Waals surface area contributed by atoms with Gasteiger partial charge in [-0.15, -0.1) is 12.4 Å². The number of likely N-dealkylation sites (N-methyl/N-ethyl adjacent to an activating group) is 1. The number of rotatable bonds is 9. The molecule has 0 fully saturated rings. The average molecular weight is 546 g/mol. The average Bonchev–Trinajstić information content (AvgIpc) is 3.10. The van der Waals surface area contributed by atoms with E-state index < -0.39 is 5.91 Å². The van der Waals surface area contributed by atoms with Crippen LogP contribution in [0.4, 0.5) is 5.82 Å². The maximum absolute atomic E-state index is 12.7. The number of nitrogens with one attached hydrogen (secondary N) is 2. The Morgan fingerprint density at radius 3 is 2.54 bits per heavy atom. The van der Waals surface area contributed by atoms with E-state index in [-0.39, 0.29) is 53.9 Å². The fourth-order valence-corrected chi connectivity index (χ4v) is 3.84. The lowest BCUT2D eigenvalue weighted by Gasteiger charge is -2.10. The molecule has 192 valence electrons. The van der Waals surface area contributed by atoms with Crippen LogP contribution in [0.15, 0.2) is 24.4 Å². The van der Waals surface area contributed by atoms with Crippen LogP contribution >= 0.6 is 24.0 Å². The standard InChI is InChI=1S/C22H29ClN8O2.2ClH/c1-5-30-15-8-7-14(21(32)25-9-10-29(3)4)11-16(15)31(6-2)18(30)13-27-22(33)19-20(24)26-12-17(23)28-19;;/h7-8,11-12H,5-6,9-10,13H2,1-4H3,(H3-,24,25,26,27,32,33);2*1H. The van der Waals surface area contributed by atoms with Crippen LogP contribution < -0.4 is 33.3 Å². The SMILES string of the molecule is CCn1c(CNC(=O)c2nc(Cl)cnc2N)[n+](CC)c2ccc(C(=O)NCCN(C)C)cc21.Cl.[Cl-]. The number of fused-ring (bicyclic) bond motifs is 1. The molecular formula is C22H31Cl3N8O2. The minimum atomic E-state index is -0.459. The summed E-state index contributed by atoms with van der Waals surface area (Å²) >= 11 is 5.86. The van der Waals surface area contributed by atoms with Crippen molar-refractivity contribution < 1.29 is 26.6 Å². The largest absolute Gasteiger partial charge is 1.00 e. The van der Waals surface area contributed by atoms with Crippen LogP contribution in [0.25, 0.3) is 11.0 Å². The van der Waals surface area contributed by atoms with Crippen molar-refractivity contribution in [3.05, 3.63) is 46.6 Å². The Kier molecular flexibility index (Phi) is 11.7. The van der Waals surface area contributed by atoms with Crippen LogP contribution in [0.3, 0.4) is 0 Å². The van der Waals surface area contributed by atoms with Crippen LogP contribution in [0.1, 0.15) is 40.5 Å². The Labute approximate surface area is 222 Å². The second-order valence-electron chi connectivity index (χ2n) is 7.78. The molecule has 2 heterocycles. The van der Waals surface area contributed by atoms with Gasteiger partial charge in [0.25, 0.3) is 17.6 Å². The second-order valence-corrected chi connectivity index (χ2v) is 8.16. The zero-order valence-corrected chi connectivity index (χ0v) is 22.5. The summed E-state index contributed by atoms with van der Waals surface area (Å²) in [6.45, 7) is 7.00. The zero-order valence-electron chi connectivity index (χ0n) is 20.1. The molecule has 13 heteroatoms. The van der Waals surface area contributed by atoms with E-state index in [9.17, 15) is 9.59 Å². The van der Waals surface area contributed by atoms with Gasteiger partial charge in [-0.2, -0.15) is 0 Å². The lowest BCUT2D eigenvalue weighted by Crippen LogP contribution is -3.00. The highest BCUT2D eigenvalue weighted by molar-refractivity contribution is 6.29. The van der Waals surface area contributed by atoms with Crippen LogP contribution in [-0.4, -0.2) is 58.4 Å². The normalized spacial score (nSPS) is 10.6. The molecule has 4 N–H and O–H groups in total. The number of nitrogens with two attached hydrogens (primary N) is 1. The summed E-state index contributed by atoms with van der Waals surface area (Å²) in [5, 5.41) is 5.91. The van der Waals surface area contributed by atoms with Gasteiger partial charge in [-0.3, -0.25) is 9.59 Å². The minimum Gasteiger partial charge on any atom is -1.00 e. The van der Waals surface area contributed by atoms with Crippen LogP contribution in [-0.2, 0) is 19.6 Å². The molecule has 1 aromatic carbocycles. The number of aromatic nitrogens is 4. The molecule has 10 nitrogen and oxygen atoms in total. The number of carbonyl (C=O) groups excluding carboxylic acids is 2. The van der Waals surface area contributed by atoms with Crippen molar-refractivity contribution in [3.63, 3.8) is 0 Å². The van der Waals surface area contributed by atoms with Crippen molar-refractivity contribution >= 4 is 52.7 Å². The summed E-state index contributed by atoms with van der Waals surface area (Å²) in [6, 6.07) is 5.66. The number of aryl methyl sites for hydroxylation is 2. The molecule has 3 rings (SSSR count). The zero-order chi connectivity index (χ0) is 24.1. The molecule has 0 radical (unpaired) electrons. The van der Waals surface area contributed by atoms with Crippen molar-refractivity contribution in [2.75, 3.05) is 32.9 Å². The van der Waals surface area contributed by atoms with Gasteiger partial charge in [0.15, 0.2) is 22.5 Å². The number of benzene rings is 1. The van der Waals surface area contributed by atoms with Crippen LogP contribution in [0.5, 0.6) is 0 Å². The monoisotopic (exact) mass is 544 g/mol. The number of anilines is 1. The van der Waals surface area contributed by atoms with E-state index in [0.717, 1.165) is 23.4 Å². The molecule has 0 aliphatic rings. The van der Waals surface area contributed by atoms with Gasteiger partial charge in [0.2, 0.25) is 0 Å². The van der Waals surface area contributed by atoms with Gasteiger partial charge in [-0.05, 0) is 40.1 Å². The third kappa shape index (κ3) is 6.94. The summed E-state index contributed by atoms with van der Waals surface area (Å²) in [4.78, 5) is 35.2. The molecule has 35 heavy (non-hydrogen) atoms. The molecule has 0 aliphatic heterocycles. The minimum absolute atomic E-state index is 0. The molecule has 3 aromatic rings. The predicted octanol–water partition coefficient (Wildman–Crippen LogP) is -1.36. The first kappa shape index (κ1) is 30.4. The fraction of sp³-hybridized carbons (Fsp3) is 0.409. The quantitative estimate of drug-likeness (QED) is 0.286. The summed E-state index contributed by atoms with van der Waals surface area (Å²) in [6.07, 6.45) is 1.29. The van der Waals surface area contributed by atoms with E-state index in [2.05, 4.69) is 29.7 Å². The van der Waals surface area contributed by atoms with E-state index >= 15 is 0 Å². The number of halogens is 3. The lowest BCUT2D eigenvalue weighted by molar-refractivity contribution is -0.676. The van der Waals surface area contributed by atoms with Crippen molar-refractivity contribution in [1.82, 2.24) is 30.1 Å². The van der Waals surface area contributed by atoms with Gasteiger partial charge >= 0.3 is 0 Å². The Morgan fingerprint density at radius 2 is 1.91 bits per heavy atom. The van der Waals surface area contributed by atoms with E-state index in [1.165, 1.54) is 6.20 Å². The first-order chi connectivity index (χ1) is 15.8. The fourth-order valence-electron chi connectivity index (χ4n) is 3.71. The Morgan fingerprint density at radius 1 is 1.20 bits per heavy atom. The molecule has 0 bridgehead atoms. The number of imidazole rings is 1. The van der Waals surface area contributed by atoms with Gasteiger partial charge in [0.1, 0.15) is 11.7 Å². The molecule has 0 saturated heterocycles. The Bertz CT molecular complexity index is 1180. The van der Waals surface area contributed by atoms with Gasteiger partial charge in [0.05, 0.1) is 19.3 Å². The third-order valence-corrected chi connectivity index (χ3v) is 5.50. The molecule has 0 unspecified atom stereocenters. The highest BCUT2D eigenvalue weighted by Crippen LogP contribution is 2.18. The van der Waals surface area contributed by atoms with Gasteiger partial charge in [-0.25, -0.2) is 19.1 Å². The molecular weight excluding hydrogens is 515 g/mol. The van der Waals surface area contributed by atoms with Crippen LogP contribution in [0.2, 0.25) is 5.15 Å². The summed E-state index contributed by atoms with van der Waals surface area (Å²) < 4.78 is 4.20. The second kappa shape index (κ2) is 13.4. The molecule has 0 aliphatic carbocycles. The molecule has 0 saturated carbocycles.